The number of hydrogen-bond donors (Lipinski definition) is 0. The molecule has 0 radical (unpaired) electrons. The smallest absolute Gasteiger partial charge is 0.359 e. The number of para-hydroxylation sites is 3. The Morgan fingerprint density at radius 3 is 1.79 bits per heavy atom. The molecule has 6 aromatic carbocycles. The Hall–Kier alpha value is -7.46. The van der Waals surface area contributed by atoms with Gasteiger partial charge in [-0.2, -0.15) is 4.98 Å². The van der Waals surface area contributed by atoms with E-state index in [-0.39, 0.29) is 5.78 Å². The zero-order chi connectivity index (χ0) is 34.8. The average Bonchev–Trinajstić information content (AvgIpc) is 3.74. The Kier molecular flexibility index (Phi) is 6.55. The van der Waals surface area contributed by atoms with E-state index in [0.717, 1.165) is 32.3 Å². The average molecular weight is 676 g/mol. The lowest BCUT2D eigenvalue weighted by Gasteiger charge is -2.09. The van der Waals surface area contributed by atoms with Crippen LogP contribution < -0.4 is 11.4 Å². The van der Waals surface area contributed by atoms with Crippen molar-refractivity contribution in [1.82, 2.24) is 33.5 Å². The van der Waals surface area contributed by atoms with Gasteiger partial charge in [0.05, 0.1) is 16.7 Å². The van der Waals surface area contributed by atoms with Gasteiger partial charge in [0.25, 0.3) is 0 Å². The molecule has 0 bridgehead atoms. The van der Waals surface area contributed by atoms with Crippen LogP contribution in [0.25, 0.3) is 84.3 Å². The molecule has 10 rings (SSSR count). The summed E-state index contributed by atoms with van der Waals surface area (Å²) in [5, 5.41) is 1.43. The third-order valence-corrected chi connectivity index (χ3v) is 9.22. The van der Waals surface area contributed by atoms with Gasteiger partial charge in [0.2, 0.25) is 5.78 Å². The molecule has 0 amide bonds. The first kappa shape index (κ1) is 29.5. The van der Waals surface area contributed by atoms with Crippen LogP contribution in [-0.4, -0.2) is 33.5 Å². The maximum absolute atomic E-state index is 14.4. The minimum atomic E-state index is -0.699. The number of benzene rings is 6. The zero-order valence-corrected chi connectivity index (χ0v) is 27.3. The zero-order valence-electron chi connectivity index (χ0n) is 27.3. The number of imidazole rings is 1. The summed E-state index contributed by atoms with van der Waals surface area (Å²) in [6.07, 6.45) is 0. The lowest BCUT2D eigenvalue weighted by molar-refractivity contribution is 0.668. The largest absolute Gasteiger partial charge is 0.456 e. The van der Waals surface area contributed by atoms with Crippen molar-refractivity contribution in [2.75, 3.05) is 0 Å². The van der Waals surface area contributed by atoms with Crippen LogP contribution >= 0.6 is 0 Å². The molecular formula is C42H25N7O3. The molecule has 10 aromatic rings. The number of furan rings is 1. The van der Waals surface area contributed by atoms with Gasteiger partial charge >= 0.3 is 11.4 Å². The second-order valence-corrected chi connectivity index (χ2v) is 12.3. The minimum absolute atomic E-state index is 0.231. The third-order valence-electron chi connectivity index (χ3n) is 9.22. The van der Waals surface area contributed by atoms with E-state index in [2.05, 4.69) is 4.98 Å². The van der Waals surface area contributed by atoms with Gasteiger partial charge in [-0.15, -0.1) is 0 Å². The maximum atomic E-state index is 14.4. The van der Waals surface area contributed by atoms with Crippen LogP contribution in [0.2, 0.25) is 0 Å². The Morgan fingerprint density at radius 2 is 1.10 bits per heavy atom. The standard InChI is InChI=1S/C42H25N7O3/c50-41-46-40-47(28-17-8-3-9-18-28)32-20-10-11-21-33(32)49(40)42(51)48(41)29-23-24-34-31(25-29)36-30(19-12-22-35(36)52-34)39-44-37(26-13-4-1-5-14-26)43-38(45-39)27-15-6-2-7-16-27/h1-25H. The predicted octanol–water partition coefficient (Wildman–Crippen LogP) is 7.87. The van der Waals surface area contributed by atoms with E-state index >= 15 is 0 Å². The van der Waals surface area contributed by atoms with Crippen molar-refractivity contribution >= 4 is 38.7 Å². The van der Waals surface area contributed by atoms with Crippen molar-refractivity contribution in [2.45, 2.75) is 0 Å². The van der Waals surface area contributed by atoms with E-state index in [0.29, 0.717) is 50.8 Å². The molecule has 10 nitrogen and oxygen atoms in total. The summed E-state index contributed by atoms with van der Waals surface area (Å²) < 4.78 is 10.7. The van der Waals surface area contributed by atoms with Gasteiger partial charge in [0, 0.05) is 33.2 Å². The highest BCUT2D eigenvalue weighted by molar-refractivity contribution is 6.12. The Morgan fingerprint density at radius 1 is 0.481 bits per heavy atom. The maximum Gasteiger partial charge on any atom is 0.359 e. The number of aromatic nitrogens is 7. The van der Waals surface area contributed by atoms with E-state index in [1.807, 2.05) is 138 Å². The summed E-state index contributed by atoms with van der Waals surface area (Å²) in [7, 11) is 0. The predicted molar refractivity (Wildman–Crippen MR) is 201 cm³/mol. The molecule has 0 atom stereocenters. The van der Waals surface area contributed by atoms with Crippen molar-refractivity contribution in [1.29, 1.82) is 0 Å². The number of rotatable bonds is 5. The first-order chi connectivity index (χ1) is 25.6. The number of hydrogen-bond acceptors (Lipinski definition) is 7. The molecule has 0 N–H and O–H groups in total. The molecule has 0 saturated heterocycles. The highest BCUT2D eigenvalue weighted by Crippen LogP contribution is 2.37. The van der Waals surface area contributed by atoms with E-state index in [4.69, 9.17) is 19.4 Å². The Balaban J connectivity index is 1.21. The molecule has 0 aliphatic heterocycles. The molecule has 4 heterocycles. The molecule has 0 fully saturated rings. The molecule has 246 valence electrons. The highest BCUT2D eigenvalue weighted by Gasteiger charge is 2.22. The summed E-state index contributed by atoms with van der Waals surface area (Å²) >= 11 is 0. The van der Waals surface area contributed by atoms with Gasteiger partial charge in [0.1, 0.15) is 11.2 Å². The van der Waals surface area contributed by atoms with Gasteiger partial charge < -0.3 is 4.42 Å². The molecule has 0 aliphatic rings. The number of nitrogens with zero attached hydrogens (tertiary/aromatic N) is 7. The molecule has 10 heteroatoms. The van der Waals surface area contributed by atoms with Crippen LogP contribution in [0.15, 0.2) is 166 Å². The lowest BCUT2D eigenvalue weighted by Crippen LogP contribution is -2.38. The Bertz CT molecular complexity index is 3050. The lowest BCUT2D eigenvalue weighted by atomic mass is 10.0. The van der Waals surface area contributed by atoms with Crippen LogP contribution in [0.3, 0.4) is 0 Å². The van der Waals surface area contributed by atoms with Gasteiger partial charge in [-0.05, 0) is 48.5 Å². The molecule has 4 aromatic heterocycles. The minimum Gasteiger partial charge on any atom is -0.456 e. The molecule has 0 spiro atoms. The van der Waals surface area contributed by atoms with E-state index in [1.54, 1.807) is 18.2 Å². The summed E-state index contributed by atoms with van der Waals surface area (Å²) in [4.78, 5) is 47.5. The molecular weight excluding hydrogens is 651 g/mol. The van der Waals surface area contributed by atoms with Crippen LogP contribution in [0.4, 0.5) is 0 Å². The SMILES string of the molecule is O=c1nc2n(-c3ccccc3)c3ccccc3n2c(=O)n1-c1ccc2oc3cccc(-c4nc(-c5ccccc5)nc(-c5ccccc5)n4)c3c2c1. The van der Waals surface area contributed by atoms with Crippen LogP contribution in [0.5, 0.6) is 0 Å². The molecule has 0 unspecified atom stereocenters. The van der Waals surface area contributed by atoms with Gasteiger partial charge in [0.15, 0.2) is 17.5 Å². The van der Waals surface area contributed by atoms with Crippen molar-refractivity contribution in [3.05, 3.63) is 173 Å². The van der Waals surface area contributed by atoms with Crippen molar-refractivity contribution in [3.63, 3.8) is 0 Å². The van der Waals surface area contributed by atoms with Gasteiger partial charge in [-0.1, -0.05) is 103 Å². The fourth-order valence-corrected chi connectivity index (χ4v) is 6.89. The molecule has 52 heavy (non-hydrogen) atoms. The first-order valence-corrected chi connectivity index (χ1v) is 16.7. The number of fused-ring (bicyclic) bond motifs is 6. The fourth-order valence-electron chi connectivity index (χ4n) is 6.89. The topological polar surface area (TPSA) is 113 Å². The van der Waals surface area contributed by atoms with E-state index < -0.39 is 11.4 Å². The normalized spacial score (nSPS) is 11.6. The van der Waals surface area contributed by atoms with Crippen molar-refractivity contribution in [2.24, 2.45) is 0 Å². The van der Waals surface area contributed by atoms with Crippen LogP contribution in [-0.2, 0) is 0 Å². The highest BCUT2D eigenvalue weighted by atomic mass is 16.3. The Labute approximate surface area is 294 Å². The summed E-state index contributed by atoms with van der Waals surface area (Å²) in [5.74, 6) is 1.75. The summed E-state index contributed by atoms with van der Waals surface area (Å²) in [6, 6.07) is 47.6. The van der Waals surface area contributed by atoms with Crippen molar-refractivity contribution < 1.29 is 4.42 Å². The summed E-state index contributed by atoms with van der Waals surface area (Å²) in [6.45, 7) is 0. The van der Waals surface area contributed by atoms with Crippen LogP contribution in [0.1, 0.15) is 0 Å². The third kappa shape index (κ3) is 4.58. The first-order valence-electron chi connectivity index (χ1n) is 16.7. The van der Waals surface area contributed by atoms with E-state index in [1.165, 1.54) is 4.40 Å². The van der Waals surface area contributed by atoms with E-state index in [9.17, 15) is 9.59 Å². The second kappa shape index (κ2) is 11.6. The van der Waals surface area contributed by atoms with Gasteiger partial charge in [-0.3, -0.25) is 4.57 Å². The fraction of sp³-hybridized carbons (Fsp3) is 0. The second-order valence-electron chi connectivity index (χ2n) is 12.3. The molecule has 0 saturated carbocycles. The van der Waals surface area contributed by atoms with Crippen molar-refractivity contribution in [3.8, 4) is 45.5 Å². The molecule has 0 aliphatic carbocycles. The quantitative estimate of drug-likeness (QED) is 0.182. The summed E-state index contributed by atoms with van der Waals surface area (Å²) in [5.41, 5.74) is 4.89. The monoisotopic (exact) mass is 675 g/mol. The van der Waals surface area contributed by atoms with Gasteiger partial charge in [-0.25, -0.2) is 33.5 Å². The van der Waals surface area contributed by atoms with Crippen LogP contribution in [0, 0.1) is 0 Å².